The van der Waals surface area contributed by atoms with E-state index in [-0.39, 0.29) is 0 Å². The number of rotatable bonds is 4. The van der Waals surface area contributed by atoms with E-state index >= 15 is 0 Å². The van der Waals surface area contributed by atoms with Gasteiger partial charge >= 0.3 is 0 Å². The molecule has 16 heavy (non-hydrogen) atoms. The van der Waals surface area contributed by atoms with Crippen LogP contribution < -0.4 is 10.1 Å². The number of pyridine rings is 1. The Bertz CT molecular complexity index is 466. The maximum absolute atomic E-state index is 5.44. The van der Waals surface area contributed by atoms with Gasteiger partial charge in [0, 0.05) is 12.3 Å². The van der Waals surface area contributed by atoms with Crippen molar-refractivity contribution in [1.29, 1.82) is 0 Å². The zero-order valence-corrected chi connectivity index (χ0v) is 9.36. The number of hydrogen-bond acceptors (Lipinski definition) is 4. The average Bonchev–Trinajstić information content (AvgIpc) is 2.73. The highest BCUT2D eigenvalue weighted by Gasteiger charge is 2.00. The van der Waals surface area contributed by atoms with Gasteiger partial charge in [0.1, 0.15) is 23.1 Å². The minimum Gasteiger partial charge on any atom is -0.497 e. The minimum atomic E-state index is 0.619. The van der Waals surface area contributed by atoms with Crippen LogP contribution in [0, 0.1) is 6.92 Å². The molecule has 2 aromatic rings. The Hall–Kier alpha value is -1.97. The minimum absolute atomic E-state index is 0.619. The second kappa shape index (κ2) is 4.70. The number of ether oxygens (including phenoxy) is 1. The summed E-state index contributed by atoms with van der Waals surface area (Å²) in [6.07, 6.45) is 1.70. The smallest absolute Gasteiger partial charge is 0.129 e. The van der Waals surface area contributed by atoms with E-state index in [1.54, 1.807) is 13.3 Å². The molecule has 0 bridgehead atoms. The van der Waals surface area contributed by atoms with Gasteiger partial charge in [0.05, 0.1) is 13.7 Å². The van der Waals surface area contributed by atoms with Gasteiger partial charge in [0.15, 0.2) is 0 Å². The molecule has 2 heterocycles. The van der Waals surface area contributed by atoms with Crippen LogP contribution in [0.3, 0.4) is 0 Å². The van der Waals surface area contributed by atoms with Crippen molar-refractivity contribution in [3.63, 3.8) is 0 Å². The molecule has 2 aromatic heterocycles. The summed E-state index contributed by atoms with van der Waals surface area (Å²) in [5.41, 5.74) is 0. The van der Waals surface area contributed by atoms with E-state index in [9.17, 15) is 0 Å². The third-order valence-corrected chi connectivity index (χ3v) is 2.21. The largest absolute Gasteiger partial charge is 0.497 e. The van der Waals surface area contributed by atoms with Crippen LogP contribution in [0.1, 0.15) is 11.5 Å². The van der Waals surface area contributed by atoms with E-state index in [4.69, 9.17) is 9.15 Å². The van der Waals surface area contributed by atoms with Crippen molar-refractivity contribution in [1.82, 2.24) is 4.98 Å². The normalized spacial score (nSPS) is 10.1. The number of methoxy groups -OCH3 is 1. The fraction of sp³-hybridized carbons (Fsp3) is 0.250. The zero-order chi connectivity index (χ0) is 11.4. The maximum Gasteiger partial charge on any atom is 0.129 e. The molecule has 4 heteroatoms. The number of aromatic nitrogens is 1. The average molecular weight is 218 g/mol. The standard InChI is InChI=1S/C12H14N2O2/c1-9-3-4-11(16-9)8-14-12-7-10(15-2)5-6-13-12/h3-7H,8H2,1-2H3,(H,13,14). The maximum atomic E-state index is 5.44. The number of aryl methyl sites for hydroxylation is 1. The molecule has 0 saturated carbocycles. The second-order valence-corrected chi connectivity index (χ2v) is 3.45. The summed E-state index contributed by atoms with van der Waals surface area (Å²) >= 11 is 0. The van der Waals surface area contributed by atoms with Gasteiger partial charge in [-0.15, -0.1) is 0 Å². The van der Waals surface area contributed by atoms with Crippen LogP contribution in [0.4, 0.5) is 5.82 Å². The van der Waals surface area contributed by atoms with E-state index in [0.29, 0.717) is 6.54 Å². The first kappa shape index (κ1) is 10.5. The Morgan fingerprint density at radius 1 is 1.38 bits per heavy atom. The molecule has 0 amide bonds. The van der Waals surface area contributed by atoms with E-state index in [1.165, 1.54) is 0 Å². The number of furan rings is 1. The lowest BCUT2D eigenvalue weighted by atomic mass is 10.4. The molecule has 0 fully saturated rings. The number of nitrogens with zero attached hydrogens (tertiary/aromatic N) is 1. The van der Waals surface area contributed by atoms with Gasteiger partial charge in [-0.1, -0.05) is 0 Å². The summed E-state index contributed by atoms with van der Waals surface area (Å²) < 4.78 is 10.5. The summed E-state index contributed by atoms with van der Waals surface area (Å²) in [7, 11) is 1.63. The Morgan fingerprint density at radius 3 is 2.94 bits per heavy atom. The first-order chi connectivity index (χ1) is 7.78. The highest BCUT2D eigenvalue weighted by Crippen LogP contribution is 2.15. The molecule has 4 nitrogen and oxygen atoms in total. The van der Waals surface area contributed by atoms with Crippen LogP contribution in [0.2, 0.25) is 0 Å². The van der Waals surface area contributed by atoms with Crippen molar-refractivity contribution in [2.24, 2.45) is 0 Å². The lowest BCUT2D eigenvalue weighted by Gasteiger charge is -2.05. The summed E-state index contributed by atoms with van der Waals surface area (Å²) in [5.74, 6) is 3.36. The van der Waals surface area contributed by atoms with Gasteiger partial charge in [-0.05, 0) is 25.1 Å². The van der Waals surface area contributed by atoms with Crippen molar-refractivity contribution >= 4 is 5.82 Å². The molecule has 0 aromatic carbocycles. The van der Waals surface area contributed by atoms with Crippen LogP contribution in [-0.4, -0.2) is 12.1 Å². The van der Waals surface area contributed by atoms with Crippen LogP contribution in [0.5, 0.6) is 5.75 Å². The molecule has 0 aliphatic rings. The van der Waals surface area contributed by atoms with Gasteiger partial charge in [-0.25, -0.2) is 4.98 Å². The monoisotopic (exact) mass is 218 g/mol. The van der Waals surface area contributed by atoms with E-state index < -0.39 is 0 Å². The molecule has 0 aliphatic heterocycles. The van der Waals surface area contributed by atoms with Crippen LogP contribution in [-0.2, 0) is 6.54 Å². The quantitative estimate of drug-likeness (QED) is 0.856. The lowest BCUT2D eigenvalue weighted by Crippen LogP contribution is -2.00. The lowest BCUT2D eigenvalue weighted by molar-refractivity contribution is 0.414. The van der Waals surface area contributed by atoms with E-state index in [1.807, 2.05) is 31.2 Å². The first-order valence-electron chi connectivity index (χ1n) is 5.07. The van der Waals surface area contributed by atoms with Gasteiger partial charge in [-0.3, -0.25) is 0 Å². The Balaban J connectivity index is 1.99. The zero-order valence-electron chi connectivity index (χ0n) is 9.36. The molecule has 0 unspecified atom stereocenters. The number of nitrogens with one attached hydrogen (secondary N) is 1. The third-order valence-electron chi connectivity index (χ3n) is 2.21. The molecule has 0 radical (unpaired) electrons. The summed E-state index contributed by atoms with van der Waals surface area (Å²) in [5, 5.41) is 3.16. The molecule has 1 N–H and O–H groups in total. The van der Waals surface area contributed by atoms with E-state index in [0.717, 1.165) is 23.1 Å². The predicted molar refractivity (Wildman–Crippen MR) is 61.6 cm³/mol. The van der Waals surface area contributed by atoms with Crippen molar-refractivity contribution in [3.8, 4) is 5.75 Å². The summed E-state index contributed by atoms with van der Waals surface area (Å²) in [4.78, 5) is 4.18. The second-order valence-electron chi connectivity index (χ2n) is 3.45. The van der Waals surface area contributed by atoms with E-state index in [2.05, 4.69) is 10.3 Å². The number of anilines is 1. The molecule has 84 valence electrons. The Morgan fingerprint density at radius 2 is 2.25 bits per heavy atom. The van der Waals surface area contributed by atoms with Gasteiger partial charge in [0.25, 0.3) is 0 Å². The molecular formula is C12H14N2O2. The molecular weight excluding hydrogens is 204 g/mol. The Labute approximate surface area is 94.3 Å². The molecule has 2 rings (SSSR count). The molecule has 0 atom stereocenters. The SMILES string of the molecule is COc1ccnc(NCc2ccc(C)o2)c1. The molecule has 0 aliphatic carbocycles. The fourth-order valence-electron chi connectivity index (χ4n) is 1.39. The van der Waals surface area contributed by atoms with Gasteiger partial charge < -0.3 is 14.5 Å². The summed E-state index contributed by atoms with van der Waals surface area (Å²) in [6.45, 7) is 2.54. The Kier molecular flexibility index (Phi) is 3.10. The summed E-state index contributed by atoms with van der Waals surface area (Å²) in [6, 6.07) is 7.54. The van der Waals surface area contributed by atoms with Gasteiger partial charge in [-0.2, -0.15) is 0 Å². The van der Waals surface area contributed by atoms with Crippen molar-refractivity contribution in [2.75, 3.05) is 12.4 Å². The first-order valence-corrected chi connectivity index (χ1v) is 5.07. The van der Waals surface area contributed by atoms with Crippen LogP contribution >= 0.6 is 0 Å². The van der Waals surface area contributed by atoms with Crippen molar-refractivity contribution in [2.45, 2.75) is 13.5 Å². The highest BCUT2D eigenvalue weighted by molar-refractivity contribution is 5.40. The predicted octanol–water partition coefficient (Wildman–Crippen LogP) is 2.60. The molecule has 0 saturated heterocycles. The highest BCUT2D eigenvalue weighted by atomic mass is 16.5. The topological polar surface area (TPSA) is 47.3 Å². The van der Waals surface area contributed by atoms with Gasteiger partial charge in [0.2, 0.25) is 0 Å². The molecule has 0 spiro atoms. The van der Waals surface area contributed by atoms with Crippen LogP contribution in [0.15, 0.2) is 34.9 Å². The van der Waals surface area contributed by atoms with Crippen molar-refractivity contribution in [3.05, 3.63) is 42.0 Å². The van der Waals surface area contributed by atoms with Crippen LogP contribution in [0.25, 0.3) is 0 Å². The fourth-order valence-corrected chi connectivity index (χ4v) is 1.39. The third kappa shape index (κ3) is 2.53. The number of hydrogen-bond donors (Lipinski definition) is 1. The van der Waals surface area contributed by atoms with Crippen molar-refractivity contribution < 1.29 is 9.15 Å².